The molecule has 0 aromatic heterocycles. The van der Waals surface area contributed by atoms with Crippen LogP contribution in [0.25, 0.3) is 0 Å². The van der Waals surface area contributed by atoms with Crippen molar-refractivity contribution in [2.75, 3.05) is 6.61 Å². The van der Waals surface area contributed by atoms with Crippen molar-refractivity contribution in [3.05, 3.63) is 59.7 Å². The first-order chi connectivity index (χ1) is 12.6. The van der Waals surface area contributed by atoms with E-state index < -0.39 is 0 Å². The molecule has 0 aliphatic carbocycles. The van der Waals surface area contributed by atoms with E-state index in [4.69, 9.17) is 4.74 Å². The maximum atomic E-state index is 11.7. The normalized spacial score (nSPS) is 10.8. The van der Waals surface area contributed by atoms with Crippen LogP contribution in [0.1, 0.15) is 62.5 Å². The fourth-order valence-electron chi connectivity index (χ4n) is 3.00. The smallest absolute Gasteiger partial charge is 0.305 e. The molecule has 2 N–H and O–H groups in total. The standard InChI is InChI=1S/C22H28O4/c1-2-3-4-7-22(25)26-16-5-6-21(17-8-12-19(23)13-9-17)18-10-14-20(24)15-11-18/h8-15,21,23-24H,2-7,16H2,1H3. The van der Waals surface area contributed by atoms with Crippen LogP contribution in [0.4, 0.5) is 0 Å². The second-order valence-corrected chi connectivity index (χ2v) is 6.56. The van der Waals surface area contributed by atoms with Gasteiger partial charge in [-0.2, -0.15) is 0 Å². The number of unbranched alkanes of at least 4 members (excludes halogenated alkanes) is 2. The fraction of sp³-hybridized carbons (Fsp3) is 0.409. The van der Waals surface area contributed by atoms with Crippen LogP contribution in [-0.4, -0.2) is 22.8 Å². The summed E-state index contributed by atoms with van der Waals surface area (Å²) in [5.41, 5.74) is 2.17. The van der Waals surface area contributed by atoms with Crippen molar-refractivity contribution in [3.63, 3.8) is 0 Å². The molecule has 0 atom stereocenters. The molecule has 0 fully saturated rings. The van der Waals surface area contributed by atoms with Gasteiger partial charge >= 0.3 is 5.97 Å². The number of phenolic OH excluding ortho intramolecular Hbond substituents is 2. The van der Waals surface area contributed by atoms with Crippen molar-refractivity contribution in [3.8, 4) is 11.5 Å². The lowest BCUT2D eigenvalue weighted by Crippen LogP contribution is -2.08. The molecule has 4 heteroatoms. The number of carbonyl (C=O) groups excluding carboxylic acids is 1. The Labute approximate surface area is 155 Å². The quantitative estimate of drug-likeness (QED) is 0.457. The van der Waals surface area contributed by atoms with E-state index in [1.807, 2.05) is 24.3 Å². The van der Waals surface area contributed by atoms with Crippen molar-refractivity contribution in [1.29, 1.82) is 0 Å². The largest absolute Gasteiger partial charge is 0.508 e. The van der Waals surface area contributed by atoms with Crippen molar-refractivity contribution >= 4 is 5.97 Å². The molecule has 0 unspecified atom stereocenters. The lowest BCUT2D eigenvalue weighted by molar-refractivity contribution is -0.143. The number of carbonyl (C=O) groups is 1. The summed E-state index contributed by atoms with van der Waals surface area (Å²) in [6.07, 6.45) is 5.10. The van der Waals surface area contributed by atoms with Crippen molar-refractivity contribution < 1.29 is 19.7 Å². The third-order valence-corrected chi connectivity index (χ3v) is 4.48. The van der Waals surface area contributed by atoms with Gasteiger partial charge in [-0.25, -0.2) is 0 Å². The molecule has 0 saturated carbocycles. The molecule has 0 bridgehead atoms. The topological polar surface area (TPSA) is 66.8 Å². The van der Waals surface area contributed by atoms with Gasteiger partial charge in [-0.3, -0.25) is 4.79 Å². The molecule has 4 nitrogen and oxygen atoms in total. The van der Waals surface area contributed by atoms with Crippen LogP contribution in [0.3, 0.4) is 0 Å². The van der Waals surface area contributed by atoms with E-state index in [9.17, 15) is 15.0 Å². The van der Waals surface area contributed by atoms with E-state index in [0.717, 1.165) is 43.2 Å². The predicted molar refractivity (Wildman–Crippen MR) is 102 cm³/mol. The molecule has 0 saturated heterocycles. The van der Waals surface area contributed by atoms with E-state index in [2.05, 4.69) is 6.92 Å². The minimum atomic E-state index is -0.121. The molecule has 0 spiro atoms. The zero-order valence-electron chi connectivity index (χ0n) is 15.4. The minimum absolute atomic E-state index is 0.120. The number of benzene rings is 2. The van der Waals surface area contributed by atoms with Crippen LogP contribution in [0.5, 0.6) is 11.5 Å². The molecule has 0 amide bonds. The molecule has 2 aromatic carbocycles. The van der Waals surface area contributed by atoms with Gasteiger partial charge in [0.05, 0.1) is 6.61 Å². The Morgan fingerprint density at radius 1 is 0.885 bits per heavy atom. The number of rotatable bonds is 10. The second kappa shape index (κ2) is 10.5. The van der Waals surface area contributed by atoms with Crippen LogP contribution >= 0.6 is 0 Å². The van der Waals surface area contributed by atoms with Gasteiger partial charge in [-0.15, -0.1) is 0 Å². The zero-order chi connectivity index (χ0) is 18.8. The average molecular weight is 356 g/mol. The van der Waals surface area contributed by atoms with Crippen LogP contribution in [0, 0.1) is 0 Å². The van der Waals surface area contributed by atoms with Gasteiger partial charge < -0.3 is 14.9 Å². The Morgan fingerprint density at radius 2 is 1.42 bits per heavy atom. The average Bonchev–Trinajstić information content (AvgIpc) is 2.64. The van der Waals surface area contributed by atoms with Crippen molar-refractivity contribution in [2.45, 2.75) is 51.4 Å². The summed E-state index contributed by atoms with van der Waals surface area (Å²) < 4.78 is 5.33. The first-order valence-corrected chi connectivity index (χ1v) is 9.33. The maximum Gasteiger partial charge on any atom is 0.305 e. The lowest BCUT2D eigenvalue weighted by Gasteiger charge is -2.18. The molecule has 0 radical (unpaired) electrons. The van der Waals surface area contributed by atoms with Crippen LogP contribution in [0.2, 0.25) is 0 Å². The Morgan fingerprint density at radius 3 is 1.92 bits per heavy atom. The van der Waals surface area contributed by atoms with Crippen LogP contribution in [-0.2, 0) is 9.53 Å². The highest BCUT2D eigenvalue weighted by atomic mass is 16.5. The number of phenols is 2. The highest BCUT2D eigenvalue weighted by Gasteiger charge is 2.15. The van der Waals surface area contributed by atoms with E-state index >= 15 is 0 Å². The molecule has 26 heavy (non-hydrogen) atoms. The summed E-state index contributed by atoms with van der Waals surface area (Å²) in [4.78, 5) is 11.7. The van der Waals surface area contributed by atoms with Gasteiger partial charge in [0.25, 0.3) is 0 Å². The van der Waals surface area contributed by atoms with Gasteiger partial charge in [0.1, 0.15) is 11.5 Å². The third-order valence-electron chi connectivity index (χ3n) is 4.48. The van der Waals surface area contributed by atoms with Gasteiger partial charge in [-0.1, -0.05) is 44.0 Å². The SMILES string of the molecule is CCCCCC(=O)OCCCC(c1ccc(O)cc1)c1ccc(O)cc1. The Kier molecular flexibility index (Phi) is 8.00. The van der Waals surface area contributed by atoms with Gasteiger partial charge in [-0.05, 0) is 54.7 Å². The monoisotopic (exact) mass is 356 g/mol. The van der Waals surface area contributed by atoms with Crippen molar-refractivity contribution in [1.82, 2.24) is 0 Å². The van der Waals surface area contributed by atoms with Gasteiger partial charge in [0.2, 0.25) is 0 Å². The van der Waals surface area contributed by atoms with E-state index in [-0.39, 0.29) is 23.4 Å². The number of aromatic hydroxyl groups is 2. The summed E-state index contributed by atoms with van der Waals surface area (Å²) in [7, 11) is 0. The first-order valence-electron chi connectivity index (χ1n) is 9.33. The number of ether oxygens (including phenoxy) is 1. The molecule has 0 aliphatic heterocycles. The van der Waals surface area contributed by atoms with Gasteiger partial charge in [0, 0.05) is 12.3 Å². The summed E-state index contributed by atoms with van der Waals surface area (Å²) in [5, 5.41) is 19.0. The molecule has 0 heterocycles. The molecule has 140 valence electrons. The fourth-order valence-corrected chi connectivity index (χ4v) is 3.00. The Balaban J connectivity index is 1.93. The number of hydrogen-bond donors (Lipinski definition) is 2. The molecule has 0 aliphatic rings. The molecular weight excluding hydrogens is 328 g/mol. The highest BCUT2D eigenvalue weighted by molar-refractivity contribution is 5.69. The lowest BCUT2D eigenvalue weighted by atomic mass is 9.87. The highest BCUT2D eigenvalue weighted by Crippen LogP contribution is 2.31. The number of esters is 1. The summed E-state index contributed by atoms with van der Waals surface area (Å²) in [5.74, 6) is 0.470. The first kappa shape index (κ1) is 19.8. The predicted octanol–water partition coefficient (Wildman–Crippen LogP) is 5.13. The number of hydrogen-bond acceptors (Lipinski definition) is 4. The molecular formula is C22H28O4. The summed E-state index contributed by atoms with van der Waals surface area (Å²) >= 11 is 0. The molecule has 2 aromatic rings. The Bertz CT molecular complexity index is 616. The van der Waals surface area contributed by atoms with Crippen LogP contribution in [0.15, 0.2) is 48.5 Å². The third kappa shape index (κ3) is 6.43. The molecule has 2 rings (SSSR count). The minimum Gasteiger partial charge on any atom is -0.508 e. The summed E-state index contributed by atoms with van der Waals surface area (Å²) in [6.45, 7) is 2.52. The van der Waals surface area contributed by atoms with Gasteiger partial charge in [0.15, 0.2) is 0 Å². The second-order valence-electron chi connectivity index (χ2n) is 6.56. The van der Waals surface area contributed by atoms with Crippen LogP contribution < -0.4 is 0 Å². The Hall–Kier alpha value is -2.49. The summed E-state index contributed by atoms with van der Waals surface area (Å²) in [6, 6.07) is 14.3. The zero-order valence-corrected chi connectivity index (χ0v) is 15.4. The van der Waals surface area contributed by atoms with Crippen molar-refractivity contribution in [2.24, 2.45) is 0 Å². The maximum absolute atomic E-state index is 11.7. The van der Waals surface area contributed by atoms with E-state index in [1.54, 1.807) is 24.3 Å². The van der Waals surface area contributed by atoms with E-state index in [0.29, 0.717) is 13.0 Å². The van der Waals surface area contributed by atoms with E-state index in [1.165, 1.54) is 0 Å².